The fourth-order valence-corrected chi connectivity index (χ4v) is 3.69. The molecule has 20 heavy (non-hydrogen) atoms. The number of benzene rings is 1. The fourth-order valence-electron chi connectivity index (χ4n) is 3.50. The van der Waals surface area contributed by atoms with Crippen molar-refractivity contribution in [3.63, 3.8) is 0 Å². The van der Waals surface area contributed by atoms with Gasteiger partial charge in [0.15, 0.2) is 0 Å². The molecule has 0 bridgehead atoms. The van der Waals surface area contributed by atoms with E-state index >= 15 is 0 Å². The molecule has 2 atom stereocenters. The van der Waals surface area contributed by atoms with Crippen molar-refractivity contribution in [3.05, 3.63) is 34.9 Å². The standard InChI is InChI=1S/C17H24ClNO/c1-14-6-5-9-17(10-14,13-20)12-19(2)11-15-7-3-4-8-16(15)18/h3-4,7-8,13-14H,5-6,9-12H2,1-2H3. The van der Waals surface area contributed by atoms with E-state index in [2.05, 4.69) is 24.9 Å². The quantitative estimate of drug-likeness (QED) is 0.760. The normalized spacial score (nSPS) is 26.7. The molecule has 0 spiro atoms. The first kappa shape index (κ1) is 15.5. The number of aldehydes is 1. The lowest BCUT2D eigenvalue weighted by Crippen LogP contribution is -2.40. The van der Waals surface area contributed by atoms with Gasteiger partial charge in [-0.3, -0.25) is 0 Å². The van der Waals surface area contributed by atoms with Gasteiger partial charge in [0.2, 0.25) is 0 Å². The van der Waals surface area contributed by atoms with Gasteiger partial charge in [0.05, 0.1) is 0 Å². The minimum absolute atomic E-state index is 0.159. The van der Waals surface area contributed by atoms with E-state index in [-0.39, 0.29) is 5.41 Å². The average molecular weight is 294 g/mol. The third-order valence-electron chi connectivity index (χ3n) is 4.36. The van der Waals surface area contributed by atoms with E-state index in [1.807, 2.05) is 18.2 Å². The summed E-state index contributed by atoms with van der Waals surface area (Å²) < 4.78 is 0. The monoisotopic (exact) mass is 293 g/mol. The summed E-state index contributed by atoms with van der Waals surface area (Å²) in [7, 11) is 2.08. The highest BCUT2D eigenvalue weighted by Gasteiger charge is 2.35. The van der Waals surface area contributed by atoms with Gasteiger partial charge in [0.25, 0.3) is 0 Å². The van der Waals surface area contributed by atoms with Gasteiger partial charge in [-0.25, -0.2) is 0 Å². The van der Waals surface area contributed by atoms with E-state index in [1.165, 1.54) is 19.1 Å². The summed E-state index contributed by atoms with van der Waals surface area (Å²) in [5, 5.41) is 0.802. The van der Waals surface area contributed by atoms with E-state index in [4.69, 9.17) is 11.6 Å². The van der Waals surface area contributed by atoms with Gasteiger partial charge in [-0.1, -0.05) is 49.6 Å². The molecule has 0 heterocycles. The van der Waals surface area contributed by atoms with Crippen LogP contribution in [0.25, 0.3) is 0 Å². The molecule has 0 aromatic heterocycles. The molecule has 2 rings (SSSR count). The first-order valence-electron chi connectivity index (χ1n) is 7.43. The van der Waals surface area contributed by atoms with Crippen molar-refractivity contribution in [1.82, 2.24) is 4.90 Å². The molecule has 2 nitrogen and oxygen atoms in total. The van der Waals surface area contributed by atoms with Crippen molar-refractivity contribution in [2.45, 2.75) is 39.2 Å². The van der Waals surface area contributed by atoms with Crippen molar-refractivity contribution in [2.75, 3.05) is 13.6 Å². The van der Waals surface area contributed by atoms with Crippen molar-refractivity contribution in [1.29, 1.82) is 0 Å². The Morgan fingerprint density at radius 1 is 1.45 bits per heavy atom. The van der Waals surface area contributed by atoms with Gasteiger partial charge in [-0.15, -0.1) is 0 Å². The SMILES string of the molecule is CC1CCCC(C=O)(CN(C)Cc2ccccc2Cl)C1. The molecule has 1 aliphatic carbocycles. The number of nitrogens with zero attached hydrogens (tertiary/aromatic N) is 1. The highest BCUT2D eigenvalue weighted by Crippen LogP contribution is 2.38. The number of carbonyl (C=O) groups is 1. The molecule has 0 N–H and O–H groups in total. The lowest BCUT2D eigenvalue weighted by Gasteiger charge is -2.38. The molecule has 2 unspecified atom stereocenters. The summed E-state index contributed by atoms with van der Waals surface area (Å²) in [5.41, 5.74) is 0.967. The summed E-state index contributed by atoms with van der Waals surface area (Å²) in [6.07, 6.45) is 5.66. The van der Waals surface area contributed by atoms with Crippen LogP contribution < -0.4 is 0 Å². The molecule has 1 aromatic rings. The number of hydrogen-bond acceptors (Lipinski definition) is 2. The molecular weight excluding hydrogens is 270 g/mol. The Balaban J connectivity index is 2.01. The molecule has 1 aromatic carbocycles. The topological polar surface area (TPSA) is 20.3 Å². The minimum Gasteiger partial charge on any atom is -0.303 e. The Kier molecular flexibility index (Phi) is 5.22. The van der Waals surface area contributed by atoms with Gasteiger partial charge < -0.3 is 9.69 Å². The molecular formula is C17H24ClNO. The van der Waals surface area contributed by atoms with E-state index in [1.54, 1.807) is 0 Å². The summed E-state index contributed by atoms with van der Waals surface area (Å²) in [5.74, 6) is 0.655. The van der Waals surface area contributed by atoms with Gasteiger partial charge in [-0.05, 0) is 37.4 Å². The van der Waals surface area contributed by atoms with E-state index in [0.29, 0.717) is 5.92 Å². The number of halogens is 1. The molecule has 1 fully saturated rings. The van der Waals surface area contributed by atoms with Crippen LogP contribution in [0.4, 0.5) is 0 Å². The van der Waals surface area contributed by atoms with Crippen LogP contribution in [-0.2, 0) is 11.3 Å². The van der Waals surface area contributed by atoms with Gasteiger partial charge in [0.1, 0.15) is 6.29 Å². The molecule has 110 valence electrons. The van der Waals surface area contributed by atoms with E-state index in [9.17, 15) is 4.79 Å². The molecule has 0 amide bonds. The van der Waals surface area contributed by atoms with Crippen LogP contribution in [0, 0.1) is 11.3 Å². The maximum Gasteiger partial charge on any atom is 0.127 e. The zero-order chi connectivity index (χ0) is 14.6. The second-order valence-corrected chi connectivity index (χ2v) is 6.85. The molecule has 0 aliphatic heterocycles. The van der Waals surface area contributed by atoms with Crippen molar-refractivity contribution in [2.24, 2.45) is 11.3 Å². The van der Waals surface area contributed by atoms with E-state index in [0.717, 1.165) is 36.5 Å². The van der Waals surface area contributed by atoms with Crippen molar-refractivity contribution in [3.8, 4) is 0 Å². The zero-order valence-electron chi connectivity index (χ0n) is 12.4. The Hall–Kier alpha value is -0.860. The second kappa shape index (κ2) is 6.73. The van der Waals surface area contributed by atoms with Crippen LogP contribution in [0.15, 0.2) is 24.3 Å². The molecule has 0 radical (unpaired) electrons. The number of carbonyl (C=O) groups excluding carboxylic acids is 1. The number of hydrogen-bond donors (Lipinski definition) is 0. The van der Waals surface area contributed by atoms with Crippen LogP contribution in [-0.4, -0.2) is 24.8 Å². The smallest absolute Gasteiger partial charge is 0.127 e. The largest absolute Gasteiger partial charge is 0.303 e. The highest BCUT2D eigenvalue weighted by atomic mass is 35.5. The van der Waals surface area contributed by atoms with Crippen LogP contribution in [0.1, 0.15) is 38.2 Å². The molecule has 1 aliphatic rings. The zero-order valence-corrected chi connectivity index (χ0v) is 13.2. The van der Waals surface area contributed by atoms with Gasteiger partial charge in [0, 0.05) is 23.5 Å². The number of rotatable bonds is 5. The lowest BCUT2D eigenvalue weighted by atomic mass is 9.71. The van der Waals surface area contributed by atoms with E-state index < -0.39 is 0 Å². The summed E-state index contributed by atoms with van der Waals surface area (Å²) in [6, 6.07) is 7.92. The maximum absolute atomic E-state index is 11.6. The van der Waals surface area contributed by atoms with Crippen LogP contribution in [0.5, 0.6) is 0 Å². The van der Waals surface area contributed by atoms with Gasteiger partial charge in [-0.2, -0.15) is 0 Å². The Morgan fingerprint density at radius 2 is 2.20 bits per heavy atom. The Labute approximate surface area is 127 Å². The first-order chi connectivity index (χ1) is 9.54. The summed E-state index contributed by atoms with van der Waals surface area (Å²) in [6.45, 7) is 3.88. The minimum atomic E-state index is -0.159. The predicted molar refractivity (Wildman–Crippen MR) is 83.9 cm³/mol. The summed E-state index contributed by atoms with van der Waals surface area (Å²) in [4.78, 5) is 13.9. The van der Waals surface area contributed by atoms with Crippen LogP contribution in [0.3, 0.4) is 0 Å². The van der Waals surface area contributed by atoms with Crippen LogP contribution >= 0.6 is 11.6 Å². The predicted octanol–water partition coefficient (Wildman–Crippen LogP) is 4.17. The second-order valence-electron chi connectivity index (χ2n) is 6.45. The lowest BCUT2D eigenvalue weighted by molar-refractivity contribution is -0.119. The fraction of sp³-hybridized carbons (Fsp3) is 0.588. The maximum atomic E-state index is 11.6. The van der Waals surface area contributed by atoms with Crippen molar-refractivity contribution >= 4 is 17.9 Å². The molecule has 1 saturated carbocycles. The van der Waals surface area contributed by atoms with Gasteiger partial charge >= 0.3 is 0 Å². The Bertz CT molecular complexity index is 462. The summed E-state index contributed by atoms with van der Waals surface area (Å²) >= 11 is 6.21. The third kappa shape index (κ3) is 3.83. The van der Waals surface area contributed by atoms with Crippen molar-refractivity contribution < 1.29 is 4.79 Å². The molecule has 0 saturated heterocycles. The van der Waals surface area contributed by atoms with Crippen LogP contribution in [0.2, 0.25) is 5.02 Å². The highest BCUT2D eigenvalue weighted by molar-refractivity contribution is 6.31. The first-order valence-corrected chi connectivity index (χ1v) is 7.81. The third-order valence-corrected chi connectivity index (χ3v) is 4.73. The molecule has 3 heteroatoms. The average Bonchev–Trinajstić information content (AvgIpc) is 2.41. The Morgan fingerprint density at radius 3 is 2.85 bits per heavy atom.